The van der Waals surface area contributed by atoms with E-state index in [1.165, 1.54) is 4.31 Å². The molecule has 0 saturated carbocycles. The molecular weight excluding hydrogens is 220 g/mol. The number of nitrogens with zero attached hydrogens (tertiary/aromatic N) is 1. The maximum atomic E-state index is 11.6. The summed E-state index contributed by atoms with van der Waals surface area (Å²) >= 11 is 4.77. The number of nitrogens with two attached hydrogens (primary N) is 1. The number of hydrogen-bond acceptors (Lipinski definition) is 3. The van der Waals surface area contributed by atoms with E-state index < -0.39 is 10.0 Å². The van der Waals surface area contributed by atoms with Gasteiger partial charge in [-0.25, -0.2) is 8.42 Å². The fraction of sp³-hybridized carbons (Fsp3) is 0.875. The van der Waals surface area contributed by atoms with Crippen LogP contribution >= 0.6 is 12.2 Å². The Labute approximate surface area is 90.5 Å². The molecule has 1 fully saturated rings. The van der Waals surface area contributed by atoms with E-state index in [1.807, 2.05) is 6.92 Å². The van der Waals surface area contributed by atoms with E-state index in [-0.39, 0.29) is 11.8 Å². The van der Waals surface area contributed by atoms with Crippen LogP contribution in [-0.2, 0) is 10.0 Å². The minimum Gasteiger partial charge on any atom is -0.393 e. The summed E-state index contributed by atoms with van der Waals surface area (Å²) in [5.74, 6) is 0.259. The molecular formula is C8H16N2O2S2. The van der Waals surface area contributed by atoms with Gasteiger partial charge >= 0.3 is 0 Å². The van der Waals surface area contributed by atoms with Gasteiger partial charge in [0.15, 0.2) is 0 Å². The van der Waals surface area contributed by atoms with Crippen molar-refractivity contribution in [2.24, 2.45) is 5.73 Å². The third-order valence-electron chi connectivity index (χ3n) is 2.38. The average molecular weight is 236 g/mol. The Balaban J connectivity index is 2.69. The van der Waals surface area contributed by atoms with Crippen molar-refractivity contribution in [1.29, 1.82) is 0 Å². The minimum atomic E-state index is -3.05. The predicted octanol–water partition coefficient (Wildman–Crippen LogP) is 0.477. The predicted molar refractivity (Wildman–Crippen MR) is 60.6 cm³/mol. The van der Waals surface area contributed by atoms with Gasteiger partial charge in [0, 0.05) is 19.0 Å². The van der Waals surface area contributed by atoms with Crippen molar-refractivity contribution >= 4 is 27.2 Å². The van der Waals surface area contributed by atoms with Crippen LogP contribution in [0.25, 0.3) is 0 Å². The van der Waals surface area contributed by atoms with Crippen LogP contribution in [0.2, 0.25) is 0 Å². The molecule has 0 aromatic rings. The average Bonchev–Trinajstić information content (AvgIpc) is 2.01. The van der Waals surface area contributed by atoms with Crippen molar-refractivity contribution in [3.8, 4) is 0 Å². The highest BCUT2D eigenvalue weighted by molar-refractivity contribution is 7.89. The first-order chi connectivity index (χ1) is 6.43. The van der Waals surface area contributed by atoms with Gasteiger partial charge < -0.3 is 5.73 Å². The van der Waals surface area contributed by atoms with Crippen LogP contribution in [0, 0.1) is 0 Å². The van der Waals surface area contributed by atoms with E-state index in [1.54, 1.807) is 0 Å². The molecule has 0 aromatic carbocycles. The number of thiocarbonyl (C=S) groups is 1. The van der Waals surface area contributed by atoms with Crippen LogP contribution < -0.4 is 5.73 Å². The molecule has 6 heteroatoms. The van der Waals surface area contributed by atoms with Crippen LogP contribution in [0.15, 0.2) is 0 Å². The molecule has 4 nitrogen and oxygen atoms in total. The topological polar surface area (TPSA) is 63.4 Å². The van der Waals surface area contributed by atoms with E-state index in [4.69, 9.17) is 18.0 Å². The number of rotatable bonds is 3. The van der Waals surface area contributed by atoms with Gasteiger partial charge in [-0.05, 0) is 19.8 Å². The lowest BCUT2D eigenvalue weighted by Gasteiger charge is -2.31. The molecule has 1 rings (SSSR count). The molecule has 0 radical (unpaired) electrons. The summed E-state index contributed by atoms with van der Waals surface area (Å²) in [6.07, 6.45) is 2.16. The van der Waals surface area contributed by atoms with E-state index in [0.29, 0.717) is 18.0 Å². The lowest BCUT2D eigenvalue weighted by Crippen LogP contribution is -2.44. The quantitative estimate of drug-likeness (QED) is 0.724. The minimum absolute atomic E-state index is 0.0993. The molecule has 82 valence electrons. The summed E-state index contributed by atoms with van der Waals surface area (Å²) in [6.45, 7) is 2.45. The second-order valence-electron chi connectivity index (χ2n) is 3.65. The van der Waals surface area contributed by atoms with Crippen molar-refractivity contribution in [2.75, 3.05) is 12.3 Å². The molecule has 1 saturated heterocycles. The van der Waals surface area contributed by atoms with Crippen LogP contribution in [0.5, 0.6) is 0 Å². The molecule has 0 aliphatic carbocycles. The molecule has 1 unspecified atom stereocenters. The molecule has 0 spiro atoms. The summed E-state index contributed by atoms with van der Waals surface area (Å²) in [5.41, 5.74) is 5.40. The number of hydrogen-bond donors (Lipinski definition) is 1. The Morgan fingerprint density at radius 2 is 2.21 bits per heavy atom. The smallest absolute Gasteiger partial charge is 0.214 e. The second-order valence-corrected chi connectivity index (χ2v) is 6.22. The maximum Gasteiger partial charge on any atom is 0.214 e. The first-order valence-electron chi connectivity index (χ1n) is 4.71. The van der Waals surface area contributed by atoms with Gasteiger partial charge in [-0.15, -0.1) is 0 Å². The van der Waals surface area contributed by atoms with Crippen molar-refractivity contribution in [1.82, 2.24) is 4.31 Å². The highest BCUT2D eigenvalue weighted by atomic mass is 32.2. The zero-order chi connectivity index (χ0) is 10.8. The van der Waals surface area contributed by atoms with Crippen LogP contribution in [-0.4, -0.2) is 36.1 Å². The molecule has 1 aliphatic rings. The molecule has 0 bridgehead atoms. The van der Waals surface area contributed by atoms with Gasteiger partial charge in [0.25, 0.3) is 0 Å². The maximum absolute atomic E-state index is 11.6. The zero-order valence-electron chi connectivity index (χ0n) is 8.27. The first-order valence-corrected chi connectivity index (χ1v) is 6.73. The van der Waals surface area contributed by atoms with Gasteiger partial charge in [-0.2, -0.15) is 4.31 Å². The van der Waals surface area contributed by atoms with Crippen LogP contribution in [0.4, 0.5) is 0 Å². The summed E-state index contributed by atoms with van der Waals surface area (Å²) in [7, 11) is -3.05. The highest BCUT2D eigenvalue weighted by Gasteiger charge is 2.29. The monoisotopic (exact) mass is 236 g/mol. The standard InChI is InChI=1S/C8H16N2O2S2/c1-7(6-8(9)13)10-4-2-3-5-14(10,11)12/h7H,2-6H2,1H3,(H2,9,13). The molecule has 1 atom stereocenters. The van der Waals surface area contributed by atoms with Crippen LogP contribution in [0.1, 0.15) is 26.2 Å². The lowest BCUT2D eigenvalue weighted by atomic mass is 10.2. The second kappa shape index (κ2) is 4.55. The van der Waals surface area contributed by atoms with Gasteiger partial charge in [0.1, 0.15) is 0 Å². The lowest BCUT2D eigenvalue weighted by molar-refractivity contribution is 0.322. The van der Waals surface area contributed by atoms with Crippen molar-refractivity contribution < 1.29 is 8.42 Å². The third-order valence-corrected chi connectivity index (χ3v) is 4.60. The summed E-state index contributed by atoms with van der Waals surface area (Å²) in [6, 6.07) is -0.0993. The van der Waals surface area contributed by atoms with Gasteiger partial charge in [-0.3, -0.25) is 0 Å². The third kappa shape index (κ3) is 2.90. The first kappa shape index (κ1) is 11.9. The largest absolute Gasteiger partial charge is 0.393 e. The highest BCUT2D eigenvalue weighted by Crippen LogP contribution is 2.18. The van der Waals surface area contributed by atoms with Crippen LogP contribution in [0.3, 0.4) is 0 Å². The summed E-state index contributed by atoms with van der Waals surface area (Å²) in [5, 5.41) is 0. The van der Waals surface area contributed by atoms with E-state index >= 15 is 0 Å². The van der Waals surface area contributed by atoms with Crippen molar-refractivity contribution in [2.45, 2.75) is 32.2 Å². The van der Waals surface area contributed by atoms with Gasteiger partial charge in [0.05, 0.1) is 10.7 Å². The van der Waals surface area contributed by atoms with E-state index in [2.05, 4.69) is 0 Å². The number of sulfonamides is 1. The Morgan fingerprint density at radius 3 is 2.71 bits per heavy atom. The Bertz CT molecular complexity index is 313. The Morgan fingerprint density at radius 1 is 1.57 bits per heavy atom. The fourth-order valence-corrected chi connectivity index (χ4v) is 3.77. The molecule has 0 aromatic heterocycles. The molecule has 14 heavy (non-hydrogen) atoms. The fourth-order valence-electron chi connectivity index (χ4n) is 1.70. The normalized spacial score (nSPS) is 24.4. The molecule has 2 N–H and O–H groups in total. The van der Waals surface area contributed by atoms with Crippen molar-refractivity contribution in [3.63, 3.8) is 0 Å². The Hall–Kier alpha value is -0.200. The van der Waals surface area contributed by atoms with Gasteiger partial charge in [-0.1, -0.05) is 12.2 Å². The van der Waals surface area contributed by atoms with E-state index in [0.717, 1.165) is 12.8 Å². The summed E-state index contributed by atoms with van der Waals surface area (Å²) in [4.78, 5) is 0.373. The zero-order valence-corrected chi connectivity index (χ0v) is 9.90. The van der Waals surface area contributed by atoms with Gasteiger partial charge in [0.2, 0.25) is 10.0 Å². The molecule has 1 heterocycles. The van der Waals surface area contributed by atoms with Crippen molar-refractivity contribution in [3.05, 3.63) is 0 Å². The Kier molecular flexibility index (Phi) is 3.86. The summed E-state index contributed by atoms with van der Waals surface area (Å²) < 4.78 is 24.8. The molecule has 0 amide bonds. The molecule has 1 aliphatic heterocycles. The van der Waals surface area contributed by atoms with E-state index in [9.17, 15) is 8.42 Å². The SMILES string of the molecule is CC(CC(N)=S)N1CCCCS1(=O)=O.